The van der Waals surface area contributed by atoms with Crippen molar-refractivity contribution in [3.05, 3.63) is 34.1 Å². The number of amides is 2. The van der Waals surface area contributed by atoms with Crippen molar-refractivity contribution < 1.29 is 18.7 Å². The van der Waals surface area contributed by atoms with Crippen LogP contribution in [0.2, 0.25) is 0 Å². The molecule has 0 bridgehead atoms. The fraction of sp³-hybridized carbons (Fsp3) is 0.529. The molecule has 1 unspecified atom stereocenters. The Bertz CT molecular complexity index is 631. The number of nitrogens with zero attached hydrogens (tertiary/aromatic N) is 1. The summed E-state index contributed by atoms with van der Waals surface area (Å²) < 4.78 is 18.9. The van der Waals surface area contributed by atoms with Gasteiger partial charge in [-0.1, -0.05) is 0 Å². The van der Waals surface area contributed by atoms with E-state index in [-0.39, 0.29) is 18.0 Å². The second-order valence-electron chi connectivity index (χ2n) is 6.86. The first-order valence-electron chi connectivity index (χ1n) is 7.89. The molecule has 1 aliphatic heterocycles. The number of nitrogens with one attached hydrogen (secondary N) is 1. The third-order valence-electron chi connectivity index (χ3n) is 3.58. The first-order valence-corrected chi connectivity index (χ1v) is 8.69. The predicted molar refractivity (Wildman–Crippen MR) is 92.4 cm³/mol. The minimum atomic E-state index is -0.549. The lowest BCUT2D eigenvalue weighted by Crippen LogP contribution is -2.50. The van der Waals surface area contributed by atoms with Crippen LogP contribution >= 0.6 is 15.9 Å². The molecule has 1 heterocycles. The van der Waals surface area contributed by atoms with E-state index >= 15 is 0 Å². The fourth-order valence-corrected chi connectivity index (χ4v) is 3.05. The van der Waals surface area contributed by atoms with E-state index in [1.165, 1.54) is 18.2 Å². The lowest BCUT2D eigenvalue weighted by atomic mass is 10.1. The smallest absolute Gasteiger partial charge is 0.410 e. The third kappa shape index (κ3) is 5.19. The monoisotopic (exact) mass is 400 g/mol. The summed E-state index contributed by atoms with van der Waals surface area (Å²) in [6.07, 6.45) is 1.20. The van der Waals surface area contributed by atoms with Crippen LogP contribution in [0.15, 0.2) is 22.7 Å². The molecule has 5 nitrogen and oxygen atoms in total. The Balaban J connectivity index is 1.97. The van der Waals surface area contributed by atoms with Crippen LogP contribution in [0.25, 0.3) is 0 Å². The van der Waals surface area contributed by atoms with Crippen molar-refractivity contribution >= 4 is 27.9 Å². The fourth-order valence-electron chi connectivity index (χ4n) is 2.52. The van der Waals surface area contributed by atoms with Gasteiger partial charge in [-0.25, -0.2) is 9.18 Å². The van der Waals surface area contributed by atoms with Crippen molar-refractivity contribution in [2.75, 3.05) is 13.1 Å². The number of hydrogen-bond acceptors (Lipinski definition) is 3. The second kappa shape index (κ2) is 7.51. The van der Waals surface area contributed by atoms with Gasteiger partial charge in [-0.2, -0.15) is 0 Å². The minimum Gasteiger partial charge on any atom is -0.444 e. The van der Waals surface area contributed by atoms with Crippen LogP contribution in [0.1, 0.15) is 44.0 Å². The standard InChI is InChI=1S/C17H22BrFN2O3/c1-17(2,3)24-16(23)21-8-4-5-12(10-21)20-15(22)13-7-6-11(19)9-14(13)18/h6-7,9,12H,4-5,8,10H2,1-3H3,(H,20,22). The Labute approximate surface area is 149 Å². The van der Waals surface area contributed by atoms with Crippen LogP contribution < -0.4 is 5.32 Å². The summed E-state index contributed by atoms with van der Waals surface area (Å²) in [5.41, 5.74) is -0.183. The molecule has 0 radical (unpaired) electrons. The summed E-state index contributed by atoms with van der Waals surface area (Å²) in [5, 5.41) is 2.90. The van der Waals surface area contributed by atoms with Gasteiger partial charge in [0.15, 0.2) is 0 Å². The van der Waals surface area contributed by atoms with E-state index in [0.717, 1.165) is 12.8 Å². The van der Waals surface area contributed by atoms with E-state index in [0.29, 0.717) is 23.1 Å². The zero-order chi connectivity index (χ0) is 17.9. The molecule has 1 aliphatic rings. The average molecular weight is 401 g/mol. The first-order chi connectivity index (χ1) is 11.2. The molecule has 1 saturated heterocycles. The molecule has 0 saturated carbocycles. The van der Waals surface area contributed by atoms with Crippen molar-refractivity contribution in [1.82, 2.24) is 10.2 Å². The number of ether oxygens (including phenoxy) is 1. The summed E-state index contributed by atoms with van der Waals surface area (Å²) in [6, 6.07) is 3.77. The van der Waals surface area contributed by atoms with Crippen molar-refractivity contribution in [2.45, 2.75) is 45.3 Å². The number of halogens is 2. The average Bonchev–Trinajstić information content (AvgIpc) is 2.45. The van der Waals surface area contributed by atoms with Crippen LogP contribution in [0.3, 0.4) is 0 Å². The number of carbonyl (C=O) groups excluding carboxylic acids is 2. The topological polar surface area (TPSA) is 58.6 Å². The Morgan fingerprint density at radius 3 is 2.71 bits per heavy atom. The van der Waals surface area contributed by atoms with E-state index in [2.05, 4.69) is 21.2 Å². The van der Waals surface area contributed by atoms with Gasteiger partial charge < -0.3 is 15.0 Å². The number of hydrogen-bond donors (Lipinski definition) is 1. The molecule has 1 atom stereocenters. The van der Waals surface area contributed by atoms with Crippen LogP contribution in [-0.2, 0) is 4.74 Å². The molecule has 1 N–H and O–H groups in total. The number of likely N-dealkylation sites (tertiary alicyclic amines) is 1. The highest BCUT2D eigenvalue weighted by atomic mass is 79.9. The van der Waals surface area contributed by atoms with Crippen molar-refractivity contribution in [3.8, 4) is 0 Å². The molecule has 24 heavy (non-hydrogen) atoms. The molecule has 0 aliphatic carbocycles. The van der Waals surface area contributed by atoms with Crippen LogP contribution in [0, 0.1) is 5.82 Å². The van der Waals surface area contributed by atoms with E-state index in [4.69, 9.17) is 4.74 Å². The number of rotatable bonds is 2. The zero-order valence-electron chi connectivity index (χ0n) is 14.1. The maximum absolute atomic E-state index is 13.1. The van der Waals surface area contributed by atoms with Crippen molar-refractivity contribution in [1.29, 1.82) is 0 Å². The molecule has 1 aromatic rings. The zero-order valence-corrected chi connectivity index (χ0v) is 15.7. The van der Waals surface area contributed by atoms with Gasteiger partial charge in [0.1, 0.15) is 11.4 Å². The molecule has 2 amide bonds. The Hall–Kier alpha value is -1.63. The summed E-state index contributed by atoms with van der Waals surface area (Å²) in [6.45, 7) is 6.47. The van der Waals surface area contributed by atoms with Crippen molar-refractivity contribution in [3.63, 3.8) is 0 Å². The normalized spacial score (nSPS) is 18.2. The number of carbonyl (C=O) groups is 2. The van der Waals surface area contributed by atoms with Gasteiger partial charge in [0.25, 0.3) is 5.91 Å². The van der Waals surface area contributed by atoms with E-state index in [1.54, 1.807) is 4.90 Å². The summed E-state index contributed by atoms with van der Waals surface area (Å²) in [7, 11) is 0. The number of piperidine rings is 1. The molecule has 1 fully saturated rings. The minimum absolute atomic E-state index is 0.157. The molecule has 7 heteroatoms. The Kier molecular flexibility index (Phi) is 5.85. The molecular weight excluding hydrogens is 379 g/mol. The second-order valence-corrected chi connectivity index (χ2v) is 7.72. The van der Waals surface area contributed by atoms with Crippen LogP contribution in [-0.4, -0.2) is 41.6 Å². The Morgan fingerprint density at radius 1 is 1.38 bits per heavy atom. The van der Waals surface area contributed by atoms with Gasteiger partial charge in [-0.3, -0.25) is 4.79 Å². The van der Waals surface area contributed by atoms with Gasteiger partial charge in [-0.05, 0) is 67.7 Å². The predicted octanol–water partition coefficient (Wildman–Crippen LogP) is 3.72. The summed E-state index contributed by atoms with van der Waals surface area (Å²) in [4.78, 5) is 26.1. The quantitative estimate of drug-likeness (QED) is 0.822. The van der Waals surface area contributed by atoms with Crippen LogP contribution in [0.5, 0.6) is 0 Å². The van der Waals surface area contributed by atoms with Crippen molar-refractivity contribution in [2.24, 2.45) is 0 Å². The molecule has 2 rings (SSSR count). The third-order valence-corrected chi connectivity index (χ3v) is 4.24. The highest BCUT2D eigenvalue weighted by Crippen LogP contribution is 2.19. The lowest BCUT2D eigenvalue weighted by molar-refractivity contribution is 0.0185. The molecular formula is C17H22BrFN2O3. The highest BCUT2D eigenvalue weighted by Gasteiger charge is 2.28. The van der Waals surface area contributed by atoms with Crippen LogP contribution in [0.4, 0.5) is 9.18 Å². The largest absolute Gasteiger partial charge is 0.444 e. The van der Waals surface area contributed by atoms with Gasteiger partial charge in [-0.15, -0.1) is 0 Å². The maximum Gasteiger partial charge on any atom is 0.410 e. The number of benzene rings is 1. The van der Waals surface area contributed by atoms with Gasteiger partial charge in [0, 0.05) is 23.6 Å². The van der Waals surface area contributed by atoms with Gasteiger partial charge in [0.05, 0.1) is 5.56 Å². The van der Waals surface area contributed by atoms with Gasteiger partial charge in [0.2, 0.25) is 0 Å². The molecule has 0 aromatic heterocycles. The first kappa shape index (κ1) is 18.7. The van der Waals surface area contributed by atoms with E-state index < -0.39 is 11.4 Å². The lowest BCUT2D eigenvalue weighted by Gasteiger charge is -2.34. The Morgan fingerprint density at radius 2 is 2.08 bits per heavy atom. The SMILES string of the molecule is CC(C)(C)OC(=O)N1CCCC(NC(=O)c2ccc(F)cc2Br)C1. The molecule has 132 valence electrons. The molecule has 0 spiro atoms. The summed E-state index contributed by atoms with van der Waals surface area (Å²) >= 11 is 3.20. The van der Waals surface area contributed by atoms with Gasteiger partial charge >= 0.3 is 6.09 Å². The highest BCUT2D eigenvalue weighted by molar-refractivity contribution is 9.10. The molecule has 1 aromatic carbocycles. The maximum atomic E-state index is 13.1. The summed E-state index contributed by atoms with van der Waals surface area (Å²) in [5.74, 6) is -0.704. The van der Waals surface area contributed by atoms with E-state index in [1.807, 2.05) is 20.8 Å². The van der Waals surface area contributed by atoms with E-state index in [9.17, 15) is 14.0 Å².